The van der Waals surface area contributed by atoms with Gasteiger partial charge in [0.15, 0.2) is 0 Å². The number of aryl methyl sites for hydroxylation is 1. The first kappa shape index (κ1) is 17.8. The number of thiophene rings is 1. The number of hydrogen-bond donors (Lipinski definition) is 2. The average molecular weight is 358 g/mol. The summed E-state index contributed by atoms with van der Waals surface area (Å²) in [5.41, 5.74) is 2.15. The second-order valence-corrected chi connectivity index (χ2v) is 5.58. The van der Waals surface area contributed by atoms with Gasteiger partial charge >= 0.3 is 12.1 Å². The molecule has 0 bridgehead atoms. The van der Waals surface area contributed by atoms with E-state index in [1.807, 2.05) is 37.4 Å². The number of anilines is 1. The van der Waals surface area contributed by atoms with Crippen molar-refractivity contribution in [2.45, 2.75) is 19.6 Å². The molecule has 2 N–H and O–H groups in total. The van der Waals surface area contributed by atoms with Gasteiger partial charge in [0.25, 0.3) is 0 Å². The number of hydrogen-bond acceptors (Lipinski definition) is 5. The van der Waals surface area contributed by atoms with E-state index in [-0.39, 0.29) is 0 Å². The van der Waals surface area contributed by atoms with Crippen LogP contribution in [-0.2, 0) is 11.3 Å². The summed E-state index contributed by atoms with van der Waals surface area (Å²) in [4.78, 5) is 13.2. The van der Waals surface area contributed by atoms with E-state index in [4.69, 9.17) is 14.3 Å². The van der Waals surface area contributed by atoms with Crippen molar-refractivity contribution in [1.29, 1.82) is 0 Å². The number of nitrogens with zero attached hydrogens (tertiary/aromatic N) is 1. The lowest BCUT2D eigenvalue weighted by atomic mass is 10.3. The molecule has 0 aliphatic carbocycles. The number of fused-ring (bicyclic) bond motifs is 1. The topological polar surface area (TPSA) is 75.4 Å². The lowest BCUT2D eigenvalue weighted by Crippen LogP contribution is -2.21. The van der Waals surface area contributed by atoms with Crippen molar-refractivity contribution in [2.24, 2.45) is 0 Å². The van der Waals surface area contributed by atoms with Gasteiger partial charge in [-0.15, -0.1) is 11.3 Å². The van der Waals surface area contributed by atoms with Crippen molar-refractivity contribution in [2.75, 3.05) is 5.32 Å². The van der Waals surface area contributed by atoms with Crippen molar-refractivity contribution >= 4 is 33.2 Å². The van der Waals surface area contributed by atoms with Crippen LogP contribution in [0.4, 0.5) is 18.9 Å². The highest BCUT2D eigenvalue weighted by molar-refractivity contribution is 7.17. The molecule has 0 aliphatic rings. The molecule has 0 unspecified atom stereocenters. The highest BCUT2D eigenvalue weighted by atomic mass is 32.1. The molecule has 0 fully saturated rings. The Morgan fingerprint density at radius 2 is 2.04 bits per heavy atom. The van der Waals surface area contributed by atoms with Crippen molar-refractivity contribution < 1.29 is 27.5 Å². The monoisotopic (exact) mass is 358 g/mol. The maximum Gasteiger partial charge on any atom is 0.490 e. The summed E-state index contributed by atoms with van der Waals surface area (Å²) in [7, 11) is 0. The first-order chi connectivity index (χ1) is 11.3. The Morgan fingerprint density at radius 3 is 2.62 bits per heavy atom. The SMILES string of the molecule is Cc1ccc(CNc2ccnc3ccsc23)o1.O=C(O)C(F)(F)F. The average Bonchev–Trinajstić information content (AvgIpc) is 3.13. The Hall–Kier alpha value is -2.55. The molecular weight excluding hydrogens is 345 g/mol. The Bertz CT molecular complexity index is 827. The molecular formula is C15H13F3N2O3S. The number of carboxylic acids is 1. The van der Waals surface area contributed by atoms with E-state index in [0.717, 1.165) is 22.7 Å². The molecule has 3 aromatic rings. The molecule has 128 valence electrons. The maximum atomic E-state index is 10.6. The fourth-order valence-electron chi connectivity index (χ4n) is 1.78. The second-order valence-electron chi connectivity index (χ2n) is 4.66. The summed E-state index contributed by atoms with van der Waals surface area (Å²) < 4.78 is 38.5. The highest BCUT2D eigenvalue weighted by Crippen LogP contribution is 2.27. The van der Waals surface area contributed by atoms with Gasteiger partial charge in [-0.25, -0.2) is 4.79 Å². The van der Waals surface area contributed by atoms with Gasteiger partial charge < -0.3 is 14.8 Å². The zero-order chi connectivity index (χ0) is 17.7. The molecule has 0 amide bonds. The van der Waals surface area contributed by atoms with Gasteiger partial charge in [0, 0.05) is 6.20 Å². The van der Waals surface area contributed by atoms with E-state index in [1.165, 1.54) is 4.70 Å². The van der Waals surface area contributed by atoms with E-state index < -0.39 is 12.1 Å². The number of pyridine rings is 1. The van der Waals surface area contributed by atoms with Crippen LogP contribution < -0.4 is 5.32 Å². The molecule has 0 saturated carbocycles. The quantitative estimate of drug-likeness (QED) is 0.724. The maximum absolute atomic E-state index is 10.6. The van der Waals surface area contributed by atoms with Gasteiger partial charge in [0.1, 0.15) is 11.5 Å². The van der Waals surface area contributed by atoms with E-state index in [1.54, 1.807) is 11.3 Å². The third-order valence-corrected chi connectivity index (χ3v) is 3.77. The number of carbonyl (C=O) groups is 1. The van der Waals surface area contributed by atoms with Crippen LogP contribution in [0.5, 0.6) is 0 Å². The van der Waals surface area contributed by atoms with Gasteiger partial charge in [-0.1, -0.05) is 0 Å². The van der Waals surface area contributed by atoms with E-state index >= 15 is 0 Å². The number of aromatic nitrogens is 1. The third-order valence-electron chi connectivity index (χ3n) is 2.84. The van der Waals surface area contributed by atoms with E-state index in [2.05, 4.69) is 15.7 Å². The molecule has 0 spiro atoms. The third kappa shape index (κ3) is 4.72. The summed E-state index contributed by atoms with van der Waals surface area (Å²) in [5, 5.41) is 12.6. The Kier molecular flexibility index (Phi) is 5.45. The summed E-state index contributed by atoms with van der Waals surface area (Å²) >= 11 is 1.70. The Labute approximate surface area is 138 Å². The summed E-state index contributed by atoms with van der Waals surface area (Å²) in [6.45, 7) is 2.65. The van der Waals surface area contributed by atoms with Crippen molar-refractivity contribution in [3.05, 3.63) is 47.4 Å². The van der Waals surface area contributed by atoms with Crippen LogP contribution in [0.1, 0.15) is 11.5 Å². The van der Waals surface area contributed by atoms with Crippen LogP contribution in [-0.4, -0.2) is 22.2 Å². The zero-order valence-corrected chi connectivity index (χ0v) is 13.2. The van der Waals surface area contributed by atoms with Gasteiger partial charge in [0.2, 0.25) is 0 Å². The first-order valence-corrected chi connectivity index (χ1v) is 7.57. The van der Waals surface area contributed by atoms with Crippen molar-refractivity contribution in [3.8, 4) is 0 Å². The minimum absolute atomic E-state index is 0.699. The van der Waals surface area contributed by atoms with Crippen LogP contribution in [0.2, 0.25) is 0 Å². The second kappa shape index (κ2) is 7.35. The molecule has 0 radical (unpaired) electrons. The van der Waals surface area contributed by atoms with Crippen LogP contribution in [0, 0.1) is 6.92 Å². The summed E-state index contributed by atoms with van der Waals surface area (Å²) in [5.74, 6) is -0.866. The number of nitrogens with one attached hydrogen (secondary N) is 1. The van der Waals surface area contributed by atoms with Crippen LogP contribution >= 0.6 is 11.3 Å². The molecule has 3 aromatic heterocycles. The lowest BCUT2D eigenvalue weighted by Gasteiger charge is -2.05. The van der Waals surface area contributed by atoms with Crippen LogP contribution in [0.3, 0.4) is 0 Å². The molecule has 3 rings (SSSR count). The Balaban J connectivity index is 0.000000256. The van der Waals surface area contributed by atoms with Crippen LogP contribution in [0.25, 0.3) is 10.2 Å². The molecule has 3 heterocycles. The number of carboxylic acid groups (broad SMARTS) is 1. The molecule has 0 aliphatic heterocycles. The standard InChI is InChI=1S/C13H12N2OS.C2HF3O2/c1-9-2-3-10(16-9)8-15-11-4-6-14-12-5-7-17-13(11)12;3-2(4,5)1(6)7/h2-7H,8H2,1H3,(H,14,15);(H,6,7). The van der Waals surface area contributed by atoms with Crippen molar-refractivity contribution in [1.82, 2.24) is 4.98 Å². The predicted octanol–water partition coefficient (Wildman–Crippen LogP) is 4.44. The molecule has 0 saturated heterocycles. The van der Waals surface area contributed by atoms with Gasteiger partial charge in [-0.2, -0.15) is 13.2 Å². The molecule has 5 nitrogen and oxygen atoms in total. The largest absolute Gasteiger partial charge is 0.490 e. The molecule has 0 atom stereocenters. The minimum atomic E-state index is -5.08. The Morgan fingerprint density at radius 1 is 1.33 bits per heavy atom. The van der Waals surface area contributed by atoms with E-state index in [0.29, 0.717) is 6.54 Å². The summed E-state index contributed by atoms with van der Waals surface area (Å²) in [6.07, 6.45) is -3.26. The fourth-order valence-corrected chi connectivity index (χ4v) is 2.62. The lowest BCUT2D eigenvalue weighted by molar-refractivity contribution is -0.192. The smallest absolute Gasteiger partial charge is 0.475 e. The zero-order valence-electron chi connectivity index (χ0n) is 12.4. The minimum Gasteiger partial charge on any atom is -0.475 e. The molecule has 0 aromatic carbocycles. The highest BCUT2D eigenvalue weighted by Gasteiger charge is 2.38. The predicted molar refractivity (Wildman–Crippen MR) is 84.1 cm³/mol. The van der Waals surface area contributed by atoms with Gasteiger partial charge in [-0.3, -0.25) is 4.98 Å². The normalized spacial score (nSPS) is 11.0. The van der Waals surface area contributed by atoms with E-state index in [9.17, 15) is 13.2 Å². The number of alkyl halides is 3. The molecule has 24 heavy (non-hydrogen) atoms. The van der Waals surface area contributed by atoms with Crippen LogP contribution in [0.15, 0.2) is 40.3 Å². The first-order valence-electron chi connectivity index (χ1n) is 6.69. The van der Waals surface area contributed by atoms with Crippen molar-refractivity contribution in [3.63, 3.8) is 0 Å². The fraction of sp³-hybridized carbons (Fsp3) is 0.200. The van der Waals surface area contributed by atoms with Gasteiger partial charge in [0.05, 0.1) is 22.4 Å². The molecule has 9 heteroatoms. The number of furan rings is 1. The van der Waals surface area contributed by atoms with Gasteiger partial charge in [-0.05, 0) is 36.6 Å². The number of rotatable bonds is 3. The summed E-state index contributed by atoms with van der Waals surface area (Å²) in [6, 6.07) is 8.00. The number of halogens is 3. The number of aliphatic carboxylic acids is 1.